The number of guanidine groups is 1. The summed E-state index contributed by atoms with van der Waals surface area (Å²) in [4.78, 5) is 4.26. The lowest BCUT2D eigenvalue weighted by atomic mass is 10.1. The molecule has 0 fully saturated rings. The number of rotatable bonds is 8. The van der Waals surface area contributed by atoms with Crippen molar-refractivity contribution in [3.05, 3.63) is 89.9 Å². The van der Waals surface area contributed by atoms with Gasteiger partial charge in [0, 0.05) is 26.6 Å². The molecule has 0 aliphatic heterocycles. The summed E-state index contributed by atoms with van der Waals surface area (Å²) in [6.45, 7) is 2.01. The van der Waals surface area contributed by atoms with Crippen molar-refractivity contribution in [3.8, 4) is 5.75 Å². The van der Waals surface area contributed by atoms with Gasteiger partial charge in [0.05, 0.1) is 6.26 Å². The summed E-state index contributed by atoms with van der Waals surface area (Å²) >= 11 is 0. The predicted molar refractivity (Wildman–Crippen MR) is 123 cm³/mol. The average molecular weight is 491 g/mol. The molecule has 2 N–H and O–H groups in total. The number of halogens is 1. The minimum atomic E-state index is 0. The largest absolute Gasteiger partial charge is 0.489 e. The van der Waals surface area contributed by atoms with Crippen molar-refractivity contribution >= 4 is 29.9 Å². The van der Waals surface area contributed by atoms with Crippen LogP contribution < -0.4 is 15.4 Å². The zero-order chi connectivity index (χ0) is 18.7. The Morgan fingerprint density at radius 3 is 2.54 bits per heavy atom. The highest BCUT2D eigenvalue weighted by atomic mass is 127. The number of ether oxygens (including phenoxy) is 1. The second kappa shape index (κ2) is 12.1. The van der Waals surface area contributed by atoms with Crippen LogP contribution in [0.1, 0.15) is 16.9 Å². The van der Waals surface area contributed by atoms with E-state index in [1.165, 1.54) is 5.56 Å². The first-order chi connectivity index (χ1) is 13.3. The van der Waals surface area contributed by atoms with Crippen LogP contribution in [0.2, 0.25) is 0 Å². The molecule has 3 rings (SSSR count). The summed E-state index contributed by atoms with van der Waals surface area (Å²) < 4.78 is 11.2. The number of benzene rings is 2. The van der Waals surface area contributed by atoms with Gasteiger partial charge in [-0.15, -0.1) is 24.0 Å². The number of para-hydroxylation sites is 1. The molecule has 0 amide bonds. The van der Waals surface area contributed by atoms with E-state index in [1.807, 2.05) is 48.5 Å². The number of aliphatic imine (C=N–C) groups is 1. The molecule has 0 saturated carbocycles. The normalized spacial score (nSPS) is 10.8. The zero-order valence-electron chi connectivity index (χ0n) is 15.9. The molecule has 0 unspecified atom stereocenters. The highest BCUT2D eigenvalue weighted by molar-refractivity contribution is 14.0. The number of furan rings is 1. The third kappa shape index (κ3) is 7.26. The van der Waals surface area contributed by atoms with Crippen LogP contribution >= 0.6 is 24.0 Å². The second-order valence-electron chi connectivity index (χ2n) is 6.10. The average Bonchev–Trinajstić information content (AvgIpc) is 3.23. The summed E-state index contributed by atoms with van der Waals surface area (Å²) in [6, 6.07) is 22.1. The smallest absolute Gasteiger partial charge is 0.191 e. The Morgan fingerprint density at radius 2 is 1.79 bits per heavy atom. The lowest BCUT2D eigenvalue weighted by molar-refractivity contribution is 0.306. The van der Waals surface area contributed by atoms with Crippen LogP contribution in [0.15, 0.2) is 82.4 Å². The lowest BCUT2D eigenvalue weighted by Crippen LogP contribution is -2.37. The van der Waals surface area contributed by atoms with E-state index in [1.54, 1.807) is 13.3 Å². The van der Waals surface area contributed by atoms with Crippen LogP contribution in [0.5, 0.6) is 5.75 Å². The zero-order valence-corrected chi connectivity index (χ0v) is 18.3. The summed E-state index contributed by atoms with van der Waals surface area (Å²) in [6.07, 6.45) is 2.51. The molecule has 1 aromatic heterocycles. The Balaban J connectivity index is 0.00000280. The maximum absolute atomic E-state index is 5.82. The highest BCUT2D eigenvalue weighted by Crippen LogP contribution is 2.12. The Labute approximate surface area is 183 Å². The van der Waals surface area contributed by atoms with E-state index < -0.39 is 0 Å². The first-order valence-corrected chi connectivity index (χ1v) is 9.06. The van der Waals surface area contributed by atoms with Gasteiger partial charge < -0.3 is 19.8 Å². The van der Waals surface area contributed by atoms with E-state index >= 15 is 0 Å². The maximum Gasteiger partial charge on any atom is 0.191 e. The standard InChI is InChI=1S/C22H25N3O2.HI/c1-23-22(24-13-12-21-11-6-14-26-21)25-16-18-7-5-8-19(15-18)17-27-20-9-3-2-4-10-20;/h2-11,14-15H,12-13,16-17H2,1H3,(H2,23,24,25);1H. The number of hydrogen-bond donors (Lipinski definition) is 2. The van der Waals surface area contributed by atoms with Gasteiger partial charge in [-0.3, -0.25) is 4.99 Å². The van der Waals surface area contributed by atoms with E-state index in [-0.39, 0.29) is 24.0 Å². The third-order valence-corrected chi connectivity index (χ3v) is 4.07. The Morgan fingerprint density at radius 1 is 0.964 bits per heavy atom. The first-order valence-electron chi connectivity index (χ1n) is 9.06. The first kappa shape index (κ1) is 21.8. The van der Waals surface area contributed by atoms with E-state index in [0.717, 1.165) is 36.0 Å². The van der Waals surface area contributed by atoms with Gasteiger partial charge in [0.15, 0.2) is 5.96 Å². The van der Waals surface area contributed by atoms with Gasteiger partial charge in [-0.25, -0.2) is 0 Å². The number of nitrogens with zero attached hydrogens (tertiary/aromatic N) is 1. The van der Waals surface area contributed by atoms with E-state index in [9.17, 15) is 0 Å². The van der Waals surface area contributed by atoms with Gasteiger partial charge in [-0.1, -0.05) is 42.5 Å². The number of hydrogen-bond acceptors (Lipinski definition) is 3. The topological polar surface area (TPSA) is 58.8 Å². The van der Waals surface area contributed by atoms with Crippen molar-refractivity contribution in [2.24, 2.45) is 4.99 Å². The van der Waals surface area contributed by atoms with Crippen LogP contribution in [-0.2, 0) is 19.6 Å². The second-order valence-corrected chi connectivity index (χ2v) is 6.10. The highest BCUT2D eigenvalue weighted by Gasteiger charge is 2.02. The van der Waals surface area contributed by atoms with Crippen molar-refractivity contribution in [3.63, 3.8) is 0 Å². The SMILES string of the molecule is CN=C(NCCc1ccco1)NCc1cccc(COc2ccccc2)c1.I. The van der Waals surface area contributed by atoms with E-state index in [0.29, 0.717) is 13.2 Å². The fraction of sp³-hybridized carbons (Fsp3) is 0.227. The minimum absolute atomic E-state index is 0. The van der Waals surface area contributed by atoms with E-state index in [4.69, 9.17) is 9.15 Å². The van der Waals surface area contributed by atoms with Gasteiger partial charge in [-0.05, 0) is 35.4 Å². The van der Waals surface area contributed by atoms with Crippen molar-refractivity contribution in [2.75, 3.05) is 13.6 Å². The van der Waals surface area contributed by atoms with Crippen LogP contribution in [0.25, 0.3) is 0 Å². The molecule has 2 aromatic carbocycles. The van der Waals surface area contributed by atoms with Crippen LogP contribution in [0.3, 0.4) is 0 Å². The molecule has 0 bridgehead atoms. The predicted octanol–water partition coefficient (Wildman–Crippen LogP) is 4.38. The minimum Gasteiger partial charge on any atom is -0.489 e. The fourth-order valence-corrected chi connectivity index (χ4v) is 2.68. The summed E-state index contributed by atoms with van der Waals surface area (Å²) in [7, 11) is 1.77. The molecule has 0 radical (unpaired) electrons. The van der Waals surface area contributed by atoms with Crippen LogP contribution in [0, 0.1) is 0 Å². The van der Waals surface area contributed by atoms with Gasteiger partial charge in [0.2, 0.25) is 0 Å². The molecule has 0 spiro atoms. The van der Waals surface area contributed by atoms with Crippen molar-refractivity contribution in [1.29, 1.82) is 0 Å². The molecule has 5 nitrogen and oxygen atoms in total. The molecular weight excluding hydrogens is 465 g/mol. The molecule has 3 aromatic rings. The van der Waals surface area contributed by atoms with Gasteiger partial charge >= 0.3 is 0 Å². The van der Waals surface area contributed by atoms with Crippen LogP contribution in [0.4, 0.5) is 0 Å². The maximum atomic E-state index is 5.82. The van der Waals surface area contributed by atoms with Gasteiger partial charge in [0.25, 0.3) is 0 Å². The van der Waals surface area contributed by atoms with Crippen molar-refractivity contribution < 1.29 is 9.15 Å². The number of nitrogens with one attached hydrogen (secondary N) is 2. The van der Waals surface area contributed by atoms with Gasteiger partial charge in [-0.2, -0.15) is 0 Å². The molecule has 0 atom stereocenters. The molecule has 6 heteroatoms. The monoisotopic (exact) mass is 491 g/mol. The summed E-state index contributed by atoms with van der Waals surface area (Å²) in [5, 5.41) is 6.63. The molecular formula is C22H26IN3O2. The molecule has 28 heavy (non-hydrogen) atoms. The molecule has 0 saturated heterocycles. The molecule has 0 aliphatic rings. The van der Waals surface area contributed by atoms with Crippen molar-refractivity contribution in [1.82, 2.24) is 10.6 Å². The fourth-order valence-electron chi connectivity index (χ4n) is 2.68. The van der Waals surface area contributed by atoms with Crippen molar-refractivity contribution in [2.45, 2.75) is 19.6 Å². The molecule has 0 aliphatic carbocycles. The van der Waals surface area contributed by atoms with Gasteiger partial charge in [0.1, 0.15) is 18.1 Å². The quantitative estimate of drug-likeness (QED) is 0.279. The molecule has 1 heterocycles. The third-order valence-electron chi connectivity index (χ3n) is 4.07. The Bertz CT molecular complexity index is 836. The lowest BCUT2D eigenvalue weighted by Gasteiger charge is -2.12. The Kier molecular flexibility index (Phi) is 9.41. The van der Waals surface area contributed by atoms with Crippen LogP contribution in [-0.4, -0.2) is 19.6 Å². The van der Waals surface area contributed by atoms with E-state index in [2.05, 4.69) is 33.8 Å². The Hall–Kier alpha value is -2.48. The summed E-state index contributed by atoms with van der Waals surface area (Å²) in [5.74, 6) is 2.61. The summed E-state index contributed by atoms with van der Waals surface area (Å²) in [5.41, 5.74) is 2.32. The molecule has 148 valence electrons.